The highest BCUT2D eigenvalue weighted by Gasteiger charge is 2.37. The van der Waals surface area contributed by atoms with Crippen molar-refractivity contribution >= 4 is 30.8 Å². The molecule has 2 aliphatic heterocycles. The van der Waals surface area contributed by atoms with Crippen LogP contribution in [0.2, 0.25) is 0 Å². The first-order chi connectivity index (χ1) is 15.1. The van der Waals surface area contributed by atoms with Gasteiger partial charge in [-0.2, -0.15) is 8.61 Å². The van der Waals surface area contributed by atoms with Crippen molar-refractivity contribution in [3.8, 4) is 0 Å². The molecule has 0 spiro atoms. The van der Waals surface area contributed by atoms with E-state index in [0.29, 0.717) is 23.9 Å². The van der Waals surface area contributed by atoms with Gasteiger partial charge >= 0.3 is 0 Å². The monoisotopic (exact) mass is 478 g/mol. The van der Waals surface area contributed by atoms with Gasteiger partial charge in [-0.25, -0.2) is 16.8 Å². The summed E-state index contributed by atoms with van der Waals surface area (Å²) in [5, 5.41) is 0.938. The molecule has 0 amide bonds. The Bertz CT molecular complexity index is 1110. The minimum atomic E-state index is -3.75. The van der Waals surface area contributed by atoms with Crippen LogP contribution in [0.4, 0.5) is 0 Å². The van der Waals surface area contributed by atoms with E-state index in [2.05, 4.69) is 13.8 Å². The van der Waals surface area contributed by atoms with E-state index in [1.54, 1.807) is 45.0 Å². The number of piperidine rings is 2. The maximum absolute atomic E-state index is 13.7. The molecular weight excluding hydrogens is 444 g/mol. The number of fused-ring (bicyclic) bond motifs is 1. The van der Waals surface area contributed by atoms with Gasteiger partial charge < -0.3 is 0 Å². The lowest BCUT2D eigenvalue weighted by molar-refractivity contribution is 0.202. The van der Waals surface area contributed by atoms with Crippen molar-refractivity contribution in [3.63, 3.8) is 0 Å². The third kappa shape index (κ3) is 3.89. The summed E-state index contributed by atoms with van der Waals surface area (Å²) in [5.41, 5.74) is 0. The Morgan fingerprint density at radius 1 is 0.656 bits per heavy atom. The molecule has 0 saturated carbocycles. The summed E-state index contributed by atoms with van der Waals surface area (Å²) in [4.78, 5) is 0.376. The van der Waals surface area contributed by atoms with Crippen molar-refractivity contribution in [2.24, 2.45) is 11.8 Å². The molecular formula is C24H34N2O4S2. The van der Waals surface area contributed by atoms with Crippen molar-refractivity contribution in [2.75, 3.05) is 13.1 Å². The standard InChI is InChI=1S/C24H34N2O4S2/c1-17-9-7-15-25(19(17)3)31(27,28)23-13-5-12-22-21(23)11-6-14-24(22)32(29,30)26-16-8-10-18(2)20(26)4/h5-6,11-14,17-20H,7-10,15-16H2,1-4H3/t17-,18+,19-,20+. The molecule has 2 saturated heterocycles. The summed E-state index contributed by atoms with van der Waals surface area (Å²) < 4.78 is 57.9. The van der Waals surface area contributed by atoms with Gasteiger partial charge in [0.15, 0.2) is 0 Å². The van der Waals surface area contributed by atoms with Crippen LogP contribution >= 0.6 is 0 Å². The zero-order valence-corrected chi connectivity index (χ0v) is 21.0. The largest absolute Gasteiger partial charge is 0.243 e. The van der Waals surface area contributed by atoms with Gasteiger partial charge in [-0.05, 0) is 63.5 Å². The first kappa shape index (κ1) is 23.7. The Kier molecular flexibility index (Phi) is 6.44. The van der Waals surface area contributed by atoms with Crippen LogP contribution < -0.4 is 0 Å². The van der Waals surface area contributed by atoms with Crippen LogP contribution in [0.25, 0.3) is 10.8 Å². The number of hydrogen-bond donors (Lipinski definition) is 0. The predicted molar refractivity (Wildman–Crippen MR) is 127 cm³/mol. The lowest BCUT2D eigenvalue weighted by Crippen LogP contribution is -2.46. The Morgan fingerprint density at radius 2 is 1.03 bits per heavy atom. The molecule has 0 unspecified atom stereocenters. The maximum atomic E-state index is 13.7. The van der Waals surface area contributed by atoms with Gasteiger partial charge in [0.2, 0.25) is 20.0 Å². The van der Waals surface area contributed by atoms with Crippen LogP contribution in [-0.4, -0.2) is 50.6 Å². The molecule has 4 atom stereocenters. The number of benzene rings is 2. The number of hydrogen-bond acceptors (Lipinski definition) is 4. The molecule has 2 heterocycles. The fourth-order valence-corrected chi connectivity index (χ4v) is 9.18. The highest BCUT2D eigenvalue weighted by atomic mass is 32.2. The van der Waals surface area contributed by atoms with Gasteiger partial charge in [0, 0.05) is 35.9 Å². The quantitative estimate of drug-likeness (QED) is 0.650. The Balaban J connectivity index is 1.84. The topological polar surface area (TPSA) is 74.8 Å². The second kappa shape index (κ2) is 8.70. The van der Waals surface area contributed by atoms with E-state index in [-0.39, 0.29) is 33.7 Å². The molecule has 32 heavy (non-hydrogen) atoms. The molecule has 0 N–H and O–H groups in total. The fraction of sp³-hybridized carbons (Fsp3) is 0.583. The first-order valence-corrected chi connectivity index (χ1v) is 14.5. The molecule has 2 aromatic rings. The summed E-state index contributed by atoms with van der Waals surface area (Å²) in [6.45, 7) is 9.07. The summed E-state index contributed by atoms with van der Waals surface area (Å²) in [6.07, 6.45) is 3.69. The van der Waals surface area contributed by atoms with Crippen LogP contribution in [0.5, 0.6) is 0 Å². The van der Waals surface area contributed by atoms with E-state index >= 15 is 0 Å². The van der Waals surface area contributed by atoms with Crippen molar-refractivity contribution in [1.82, 2.24) is 8.61 Å². The zero-order valence-electron chi connectivity index (χ0n) is 19.4. The van der Waals surface area contributed by atoms with E-state index in [4.69, 9.17) is 0 Å². The molecule has 0 aromatic heterocycles. The second-order valence-corrected chi connectivity index (χ2v) is 13.3. The maximum Gasteiger partial charge on any atom is 0.243 e. The highest BCUT2D eigenvalue weighted by molar-refractivity contribution is 7.89. The minimum absolute atomic E-state index is 0.0911. The number of sulfonamides is 2. The third-order valence-corrected chi connectivity index (χ3v) is 11.7. The smallest absolute Gasteiger partial charge is 0.207 e. The second-order valence-electron chi connectivity index (χ2n) is 9.56. The Hall–Kier alpha value is -1.48. The van der Waals surface area contributed by atoms with Crippen LogP contribution in [0, 0.1) is 11.8 Å². The van der Waals surface area contributed by atoms with Crippen molar-refractivity contribution in [2.45, 2.75) is 75.3 Å². The van der Waals surface area contributed by atoms with E-state index in [1.165, 1.54) is 0 Å². The summed E-state index contributed by atoms with van der Waals surface area (Å²) >= 11 is 0. The van der Waals surface area contributed by atoms with Crippen molar-refractivity contribution < 1.29 is 16.8 Å². The summed E-state index contributed by atoms with van der Waals surface area (Å²) in [7, 11) is -7.50. The average molecular weight is 479 g/mol. The molecule has 0 radical (unpaired) electrons. The normalized spacial score (nSPS) is 28.8. The molecule has 8 heteroatoms. The van der Waals surface area contributed by atoms with Gasteiger partial charge in [0.1, 0.15) is 0 Å². The van der Waals surface area contributed by atoms with Crippen molar-refractivity contribution in [3.05, 3.63) is 36.4 Å². The van der Waals surface area contributed by atoms with Gasteiger partial charge in [-0.15, -0.1) is 0 Å². The first-order valence-electron chi connectivity index (χ1n) is 11.6. The molecule has 2 fully saturated rings. The van der Waals surface area contributed by atoms with Crippen molar-refractivity contribution in [1.29, 1.82) is 0 Å². The van der Waals surface area contributed by atoms with Crippen LogP contribution in [0.3, 0.4) is 0 Å². The van der Waals surface area contributed by atoms with Gasteiger partial charge in [-0.1, -0.05) is 38.1 Å². The molecule has 2 aliphatic rings. The number of rotatable bonds is 4. The Morgan fingerprint density at radius 3 is 1.41 bits per heavy atom. The van der Waals surface area contributed by atoms with Crippen LogP contribution in [-0.2, 0) is 20.0 Å². The van der Waals surface area contributed by atoms with Gasteiger partial charge in [0.25, 0.3) is 0 Å². The Labute approximate surface area is 192 Å². The third-order valence-electron chi connectivity index (χ3n) is 7.65. The molecule has 4 rings (SSSR count). The lowest BCUT2D eigenvalue weighted by Gasteiger charge is -2.37. The molecule has 0 aliphatic carbocycles. The fourth-order valence-electron chi connectivity index (χ4n) is 5.23. The molecule has 0 bridgehead atoms. The molecule has 6 nitrogen and oxygen atoms in total. The summed E-state index contributed by atoms with van der Waals surface area (Å²) in [6, 6.07) is 9.79. The van der Waals surface area contributed by atoms with E-state index in [9.17, 15) is 16.8 Å². The van der Waals surface area contributed by atoms with E-state index in [0.717, 1.165) is 25.7 Å². The van der Waals surface area contributed by atoms with E-state index in [1.807, 2.05) is 13.8 Å². The van der Waals surface area contributed by atoms with Crippen LogP contribution in [0.1, 0.15) is 53.4 Å². The average Bonchev–Trinajstić information content (AvgIpc) is 2.76. The summed E-state index contributed by atoms with van der Waals surface area (Å²) in [5.74, 6) is 0.569. The zero-order chi connectivity index (χ0) is 23.3. The van der Waals surface area contributed by atoms with E-state index < -0.39 is 20.0 Å². The molecule has 2 aromatic carbocycles. The van der Waals surface area contributed by atoms with Crippen LogP contribution in [0.15, 0.2) is 46.2 Å². The SMILES string of the molecule is C[C@@H]1CCCN(S(=O)(=O)c2cccc3c(S(=O)(=O)N4CCC[C@H](C)[C@@H]4C)cccc23)[C@@H]1C. The highest BCUT2D eigenvalue weighted by Crippen LogP contribution is 2.36. The number of nitrogens with zero attached hydrogens (tertiary/aromatic N) is 2. The van der Waals surface area contributed by atoms with Gasteiger partial charge in [0.05, 0.1) is 9.79 Å². The minimum Gasteiger partial charge on any atom is -0.207 e. The lowest BCUT2D eigenvalue weighted by atomic mass is 9.94. The predicted octanol–water partition coefficient (Wildman–Crippen LogP) is 4.46. The van der Waals surface area contributed by atoms with Gasteiger partial charge in [-0.3, -0.25) is 0 Å². The molecule has 176 valence electrons.